The maximum atomic E-state index is 12.0. The number of alkyl halides is 1. The van der Waals surface area contributed by atoms with E-state index >= 15 is 0 Å². The highest BCUT2D eigenvalue weighted by Gasteiger charge is 2.28. The van der Waals surface area contributed by atoms with Gasteiger partial charge in [0.2, 0.25) is 0 Å². The van der Waals surface area contributed by atoms with Crippen molar-refractivity contribution in [2.75, 3.05) is 5.88 Å². The molecule has 0 fully saturated rings. The lowest BCUT2D eigenvalue weighted by atomic mass is 9.95. The van der Waals surface area contributed by atoms with E-state index in [1.54, 1.807) is 6.92 Å². The van der Waals surface area contributed by atoms with E-state index in [4.69, 9.17) is 11.6 Å². The second-order valence-electron chi connectivity index (χ2n) is 3.76. The molecule has 0 aliphatic carbocycles. The first kappa shape index (κ1) is 13.4. The molecule has 0 radical (unpaired) electrons. The third kappa shape index (κ3) is 2.71. The molecule has 1 aromatic rings. The first-order valence-electron chi connectivity index (χ1n) is 5.26. The van der Waals surface area contributed by atoms with Gasteiger partial charge < -0.3 is 5.32 Å². The number of halogens is 1. The van der Waals surface area contributed by atoms with Crippen LogP contribution in [0.4, 0.5) is 0 Å². The van der Waals surface area contributed by atoms with Gasteiger partial charge in [0.15, 0.2) is 0 Å². The number of nitrogens with one attached hydrogen (secondary N) is 1. The SMILES string of the molecule is CCC(CC)(CCl)NC(=O)c1snnc1C. The Kier molecular flexibility index (Phi) is 4.68. The van der Waals surface area contributed by atoms with Crippen molar-refractivity contribution >= 4 is 29.0 Å². The number of carbonyl (C=O) groups excluding carboxylic acids is 1. The molecule has 0 aliphatic heterocycles. The number of hydrogen-bond donors (Lipinski definition) is 1. The summed E-state index contributed by atoms with van der Waals surface area (Å²) in [6.45, 7) is 5.81. The zero-order valence-corrected chi connectivity index (χ0v) is 11.3. The van der Waals surface area contributed by atoms with Gasteiger partial charge in [0, 0.05) is 5.88 Å². The van der Waals surface area contributed by atoms with Gasteiger partial charge >= 0.3 is 0 Å². The van der Waals surface area contributed by atoms with Crippen molar-refractivity contribution in [3.8, 4) is 0 Å². The molecule has 1 aromatic heterocycles. The summed E-state index contributed by atoms with van der Waals surface area (Å²) >= 11 is 7.04. The standard InChI is InChI=1S/C10H16ClN3OS/c1-4-10(5-2,6-11)12-9(15)8-7(3)13-14-16-8/h4-6H2,1-3H3,(H,12,15). The van der Waals surface area contributed by atoms with E-state index in [1.165, 1.54) is 0 Å². The van der Waals surface area contributed by atoms with Gasteiger partial charge in [-0.1, -0.05) is 18.3 Å². The van der Waals surface area contributed by atoms with Crippen molar-refractivity contribution in [1.82, 2.24) is 14.9 Å². The van der Waals surface area contributed by atoms with E-state index in [2.05, 4.69) is 14.9 Å². The van der Waals surface area contributed by atoms with Crippen molar-refractivity contribution in [3.05, 3.63) is 10.6 Å². The molecule has 4 nitrogen and oxygen atoms in total. The molecule has 1 amide bonds. The molecule has 0 saturated carbocycles. The minimum atomic E-state index is -0.324. The highest BCUT2D eigenvalue weighted by Crippen LogP contribution is 2.19. The molecule has 0 unspecified atom stereocenters. The van der Waals surface area contributed by atoms with Crippen molar-refractivity contribution in [1.29, 1.82) is 0 Å². The molecule has 1 heterocycles. The fourth-order valence-corrected chi connectivity index (χ4v) is 2.38. The molecule has 6 heteroatoms. The number of nitrogens with zero attached hydrogens (tertiary/aromatic N) is 2. The number of aromatic nitrogens is 2. The van der Waals surface area contributed by atoms with Gasteiger partial charge in [0.25, 0.3) is 5.91 Å². The molecule has 0 aromatic carbocycles. The van der Waals surface area contributed by atoms with Crippen LogP contribution in [-0.4, -0.2) is 26.9 Å². The second kappa shape index (κ2) is 5.59. The lowest BCUT2D eigenvalue weighted by molar-refractivity contribution is 0.0906. The lowest BCUT2D eigenvalue weighted by Gasteiger charge is -2.30. The van der Waals surface area contributed by atoms with Crippen LogP contribution in [0.1, 0.15) is 42.1 Å². The first-order valence-corrected chi connectivity index (χ1v) is 6.56. The summed E-state index contributed by atoms with van der Waals surface area (Å²) in [5.41, 5.74) is 0.341. The maximum Gasteiger partial charge on any atom is 0.265 e. The van der Waals surface area contributed by atoms with Gasteiger partial charge in [-0.15, -0.1) is 16.7 Å². The minimum absolute atomic E-state index is 0.128. The molecule has 90 valence electrons. The number of hydrogen-bond acceptors (Lipinski definition) is 4. The maximum absolute atomic E-state index is 12.0. The minimum Gasteiger partial charge on any atom is -0.345 e. The second-order valence-corrected chi connectivity index (χ2v) is 4.78. The van der Waals surface area contributed by atoms with Crippen LogP contribution in [0.2, 0.25) is 0 Å². The summed E-state index contributed by atoms with van der Waals surface area (Å²) in [5, 5.41) is 6.80. The van der Waals surface area contributed by atoms with Crippen LogP contribution in [0, 0.1) is 6.92 Å². The van der Waals surface area contributed by atoms with E-state index in [1.807, 2.05) is 13.8 Å². The number of carbonyl (C=O) groups is 1. The van der Waals surface area contributed by atoms with Crippen LogP contribution < -0.4 is 5.32 Å². The smallest absolute Gasteiger partial charge is 0.265 e. The molecule has 0 spiro atoms. The van der Waals surface area contributed by atoms with Gasteiger partial charge in [-0.05, 0) is 31.3 Å². The fourth-order valence-electron chi connectivity index (χ4n) is 1.39. The van der Waals surface area contributed by atoms with E-state index < -0.39 is 0 Å². The summed E-state index contributed by atoms with van der Waals surface area (Å²) in [4.78, 5) is 12.5. The van der Waals surface area contributed by atoms with Gasteiger partial charge in [0.05, 0.1) is 11.2 Å². The topological polar surface area (TPSA) is 54.9 Å². The Hall–Kier alpha value is -0.680. The Labute approximate surface area is 105 Å². The number of amides is 1. The summed E-state index contributed by atoms with van der Waals surface area (Å²) in [5.74, 6) is 0.286. The molecule has 1 rings (SSSR count). The number of aryl methyl sites for hydroxylation is 1. The van der Waals surface area contributed by atoms with Gasteiger partial charge in [-0.3, -0.25) is 4.79 Å². The molecule has 0 saturated heterocycles. The van der Waals surface area contributed by atoms with Gasteiger partial charge in [0.1, 0.15) is 4.88 Å². The lowest BCUT2D eigenvalue weighted by Crippen LogP contribution is -2.49. The number of rotatable bonds is 5. The largest absolute Gasteiger partial charge is 0.345 e. The summed E-state index contributed by atoms with van der Waals surface area (Å²) < 4.78 is 3.75. The van der Waals surface area contributed by atoms with Crippen molar-refractivity contribution in [2.45, 2.75) is 39.2 Å². The Balaban J connectivity index is 2.81. The summed E-state index contributed by atoms with van der Waals surface area (Å²) in [6, 6.07) is 0. The first-order chi connectivity index (χ1) is 7.58. The molecule has 16 heavy (non-hydrogen) atoms. The van der Waals surface area contributed by atoms with Crippen LogP contribution in [0.25, 0.3) is 0 Å². The Morgan fingerprint density at radius 3 is 2.50 bits per heavy atom. The normalized spacial score (nSPS) is 11.5. The highest BCUT2D eigenvalue weighted by molar-refractivity contribution is 7.08. The molecule has 0 aliphatic rings. The zero-order chi connectivity index (χ0) is 12.2. The quantitative estimate of drug-likeness (QED) is 0.828. The third-order valence-corrected chi connectivity index (χ3v) is 4.18. The van der Waals surface area contributed by atoms with E-state index in [-0.39, 0.29) is 11.4 Å². The average Bonchev–Trinajstić information content (AvgIpc) is 2.72. The van der Waals surface area contributed by atoms with Crippen LogP contribution >= 0.6 is 23.1 Å². The molecule has 1 N–H and O–H groups in total. The predicted octanol–water partition coefficient (Wildman–Crippen LogP) is 2.37. The van der Waals surface area contributed by atoms with Crippen LogP contribution in [0.15, 0.2) is 0 Å². The Morgan fingerprint density at radius 2 is 2.12 bits per heavy atom. The summed E-state index contributed by atoms with van der Waals surface area (Å²) in [6.07, 6.45) is 1.62. The molecular formula is C10H16ClN3OS. The third-order valence-electron chi connectivity index (χ3n) is 2.85. The van der Waals surface area contributed by atoms with E-state index in [0.29, 0.717) is 16.5 Å². The fraction of sp³-hybridized carbons (Fsp3) is 0.700. The zero-order valence-electron chi connectivity index (χ0n) is 9.71. The highest BCUT2D eigenvalue weighted by atomic mass is 35.5. The Bertz CT molecular complexity index is 354. The van der Waals surface area contributed by atoms with Crippen LogP contribution in [-0.2, 0) is 0 Å². The monoisotopic (exact) mass is 261 g/mol. The van der Waals surface area contributed by atoms with Crippen molar-refractivity contribution in [3.63, 3.8) is 0 Å². The molecule has 0 bridgehead atoms. The molecular weight excluding hydrogens is 246 g/mol. The van der Waals surface area contributed by atoms with Crippen molar-refractivity contribution < 1.29 is 4.79 Å². The summed E-state index contributed by atoms with van der Waals surface area (Å²) in [7, 11) is 0. The van der Waals surface area contributed by atoms with Crippen molar-refractivity contribution in [2.24, 2.45) is 0 Å². The van der Waals surface area contributed by atoms with Gasteiger partial charge in [-0.25, -0.2) is 0 Å². The average molecular weight is 262 g/mol. The van der Waals surface area contributed by atoms with E-state index in [9.17, 15) is 4.79 Å². The van der Waals surface area contributed by atoms with Crippen LogP contribution in [0.5, 0.6) is 0 Å². The molecule has 0 atom stereocenters. The van der Waals surface area contributed by atoms with Crippen LogP contribution in [0.3, 0.4) is 0 Å². The van der Waals surface area contributed by atoms with Gasteiger partial charge in [-0.2, -0.15) is 0 Å². The Morgan fingerprint density at radius 1 is 1.50 bits per heavy atom. The van der Waals surface area contributed by atoms with E-state index in [0.717, 1.165) is 24.4 Å². The predicted molar refractivity (Wildman–Crippen MR) is 66.1 cm³/mol.